The summed E-state index contributed by atoms with van der Waals surface area (Å²) in [5.74, 6) is -0.619. The maximum absolute atomic E-state index is 12.5. The Hall–Kier alpha value is -2.08. The zero-order valence-corrected chi connectivity index (χ0v) is 12.2. The third kappa shape index (κ3) is 3.33. The highest BCUT2D eigenvalue weighted by Gasteiger charge is 2.38. The highest BCUT2D eigenvalue weighted by atomic mass is 16.7. The lowest BCUT2D eigenvalue weighted by atomic mass is 9.80. The van der Waals surface area contributed by atoms with Gasteiger partial charge in [-0.25, -0.2) is 9.86 Å². The van der Waals surface area contributed by atoms with Gasteiger partial charge in [-0.1, -0.05) is 30.3 Å². The number of hydroxylamine groups is 2. The second-order valence-electron chi connectivity index (χ2n) is 5.16. The van der Waals surface area contributed by atoms with E-state index in [0.717, 1.165) is 5.56 Å². The molecule has 1 saturated heterocycles. The Bertz CT molecular complexity index is 506. The molecule has 1 aliphatic rings. The van der Waals surface area contributed by atoms with Crippen LogP contribution in [0.2, 0.25) is 0 Å². The van der Waals surface area contributed by atoms with Gasteiger partial charge in [0.05, 0.1) is 13.0 Å². The summed E-state index contributed by atoms with van der Waals surface area (Å²) in [4.78, 5) is 29.9. The minimum absolute atomic E-state index is 0.00639. The number of carbonyl (C=O) groups excluding carboxylic acids is 1. The molecule has 0 bridgehead atoms. The highest BCUT2D eigenvalue weighted by Crippen LogP contribution is 2.34. The number of nitrogens with zero attached hydrogens (tertiary/aromatic N) is 2. The molecule has 1 aromatic carbocycles. The molecular formula is C15H20N2O4. The van der Waals surface area contributed by atoms with Crippen LogP contribution in [0.25, 0.3) is 0 Å². The number of hydrogen-bond donors (Lipinski definition) is 1. The van der Waals surface area contributed by atoms with Gasteiger partial charge >= 0.3 is 6.09 Å². The first-order chi connectivity index (χ1) is 10.0. The first-order valence-corrected chi connectivity index (χ1v) is 6.89. The first kappa shape index (κ1) is 15.3. The molecule has 0 aliphatic carbocycles. The maximum atomic E-state index is 12.5. The number of likely N-dealkylation sites (tertiary alicyclic amines) is 1. The third-order valence-corrected chi connectivity index (χ3v) is 4.01. The van der Waals surface area contributed by atoms with Crippen LogP contribution in [0.5, 0.6) is 0 Å². The Kier molecular flexibility index (Phi) is 4.80. The standard InChI is InChI=1S/C15H20N2O4/c1-16(21-2)14(18)13-10-17(15(19)20)9-8-12(13)11-6-4-3-5-7-11/h3-7,12-13H,8-10H2,1-2H3,(H,19,20). The van der Waals surface area contributed by atoms with Gasteiger partial charge < -0.3 is 10.0 Å². The Morgan fingerprint density at radius 1 is 1.33 bits per heavy atom. The van der Waals surface area contributed by atoms with Crippen molar-refractivity contribution in [2.75, 3.05) is 27.2 Å². The summed E-state index contributed by atoms with van der Waals surface area (Å²) in [6.45, 7) is 0.636. The molecule has 0 aromatic heterocycles. The fourth-order valence-electron chi connectivity index (χ4n) is 2.80. The molecule has 1 heterocycles. The Morgan fingerprint density at radius 2 is 2.00 bits per heavy atom. The van der Waals surface area contributed by atoms with E-state index in [9.17, 15) is 9.59 Å². The van der Waals surface area contributed by atoms with Crippen LogP contribution in [-0.4, -0.2) is 54.3 Å². The molecule has 2 unspecified atom stereocenters. The monoisotopic (exact) mass is 292 g/mol. The summed E-state index contributed by atoms with van der Waals surface area (Å²) in [6, 6.07) is 9.75. The molecule has 6 nitrogen and oxygen atoms in total. The SMILES string of the molecule is CON(C)C(=O)C1CN(C(=O)O)CCC1c1ccccc1. The molecule has 2 amide bonds. The minimum atomic E-state index is -0.987. The lowest BCUT2D eigenvalue weighted by Crippen LogP contribution is -2.48. The van der Waals surface area contributed by atoms with Crippen molar-refractivity contribution < 1.29 is 19.5 Å². The van der Waals surface area contributed by atoms with E-state index in [0.29, 0.717) is 13.0 Å². The van der Waals surface area contributed by atoms with E-state index >= 15 is 0 Å². The number of piperidine rings is 1. The molecule has 0 radical (unpaired) electrons. The topological polar surface area (TPSA) is 70.1 Å². The molecule has 0 saturated carbocycles. The first-order valence-electron chi connectivity index (χ1n) is 6.89. The molecular weight excluding hydrogens is 272 g/mol. The summed E-state index contributed by atoms with van der Waals surface area (Å²) in [7, 11) is 2.97. The average Bonchev–Trinajstić information content (AvgIpc) is 2.53. The summed E-state index contributed by atoms with van der Waals surface area (Å²) in [5.41, 5.74) is 1.06. The van der Waals surface area contributed by atoms with Crippen LogP contribution >= 0.6 is 0 Å². The van der Waals surface area contributed by atoms with Crippen molar-refractivity contribution in [1.29, 1.82) is 0 Å². The zero-order chi connectivity index (χ0) is 15.4. The van der Waals surface area contributed by atoms with Crippen LogP contribution < -0.4 is 0 Å². The molecule has 1 aliphatic heterocycles. The van der Waals surface area contributed by atoms with E-state index in [1.54, 1.807) is 7.05 Å². The van der Waals surface area contributed by atoms with Gasteiger partial charge in [-0.15, -0.1) is 0 Å². The van der Waals surface area contributed by atoms with E-state index in [-0.39, 0.29) is 18.4 Å². The second kappa shape index (κ2) is 6.58. The predicted molar refractivity (Wildman–Crippen MR) is 76.7 cm³/mol. The lowest BCUT2D eigenvalue weighted by molar-refractivity contribution is -0.175. The van der Waals surface area contributed by atoms with Crippen LogP contribution in [-0.2, 0) is 9.63 Å². The van der Waals surface area contributed by atoms with Crippen LogP contribution in [0.4, 0.5) is 4.79 Å². The van der Waals surface area contributed by atoms with E-state index < -0.39 is 12.0 Å². The van der Waals surface area contributed by atoms with Crippen LogP contribution in [0.15, 0.2) is 30.3 Å². The van der Waals surface area contributed by atoms with Gasteiger partial charge in [0.25, 0.3) is 5.91 Å². The predicted octanol–water partition coefficient (Wildman–Crippen LogP) is 1.79. The Balaban J connectivity index is 2.26. The fraction of sp³-hybridized carbons (Fsp3) is 0.467. The van der Waals surface area contributed by atoms with Crippen molar-refractivity contribution in [1.82, 2.24) is 9.96 Å². The van der Waals surface area contributed by atoms with Crippen molar-refractivity contribution in [2.24, 2.45) is 5.92 Å². The number of hydrogen-bond acceptors (Lipinski definition) is 3. The summed E-state index contributed by atoms with van der Waals surface area (Å²) in [6.07, 6.45) is -0.357. The molecule has 1 aromatic rings. The van der Waals surface area contributed by atoms with Crippen molar-refractivity contribution in [2.45, 2.75) is 12.3 Å². The van der Waals surface area contributed by atoms with Crippen LogP contribution in [0.1, 0.15) is 17.9 Å². The van der Waals surface area contributed by atoms with Crippen molar-refractivity contribution >= 4 is 12.0 Å². The van der Waals surface area contributed by atoms with Crippen LogP contribution in [0.3, 0.4) is 0 Å². The largest absolute Gasteiger partial charge is 0.465 e. The van der Waals surface area contributed by atoms with Gasteiger partial charge in [0.2, 0.25) is 0 Å². The molecule has 2 atom stereocenters. The highest BCUT2D eigenvalue weighted by molar-refractivity contribution is 5.80. The van der Waals surface area contributed by atoms with Crippen LogP contribution in [0, 0.1) is 5.92 Å². The number of rotatable bonds is 3. The van der Waals surface area contributed by atoms with Crippen molar-refractivity contribution in [3.8, 4) is 0 Å². The normalized spacial score (nSPS) is 21.9. The summed E-state index contributed by atoms with van der Waals surface area (Å²) < 4.78 is 0. The number of benzene rings is 1. The quantitative estimate of drug-likeness (QED) is 0.862. The molecule has 1 N–H and O–H groups in total. The smallest absolute Gasteiger partial charge is 0.407 e. The molecule has 1 fully saturated rings. The molecule has 6 heteroatoms. The van der Waals surface area contributed by atoms with Crippen molar-refractivity contribution in [3.05, 3.63) is 35.9 Å². The Labute approximate surface area is 123 Å². The minimum Gasteiger partial charge on any atom is -0.465 e. The van der Waals surface area contributed by atoms with Gasteiger partial charge in [-0.05, 0) is 17.9 Å². The van der Waals surface area contributed by atoms with Gasteiger partial charge in [0.15, 0.2) is 0 Å². The van der Waals surface area contributed by atoms with Gasteiger partial charge in [0, 0.05) is 20.1 Å². The summed E-state index contributed by atoms with van der Waals surface area (Å²) in [5, 5.41) is 10.3. The van der Waals surface area contributed by atoms with Gasteiger partial charge in [-0.2, -0.15) is 0 Å². The average molecular weight is 292 g/mol. The lowest BCUT2D eigenvalue weighted by Gasteiger charge is -2.37. The van der Waals surface area contributed by atoms with Gasteiger partial charge in [0.1, 0.15) is 0 Å². The fourth-order valence-corrected chi connectivity index (χ4v) is 2.80. The maximum Gasteiger partial charge on any atom is 0.407 e. The second-order valence-corrected chi connectivity index (χ2v) is 5.16. The van der Waals surface area contributed by atoms with E-state index in [4.69, 9.17) is 9.94 Å². The number of amides is 2. The van der Waals surface area contributed by atoms with E-state index in [2.05, 4.69) is 0 Å². The summed E-state index contributed by atoms with van der Waals surface area (Å²) >= 11 is 0. The zero-order valence-electron chi connectivity index (χ0n) is 12.2. The number of carbonyl (C=O) groups is 2. The third-order valence-electron chi connectivity index (χ3n) is 4.01. The Morgan fingerprint density at radius 3 is 2.57 bits per heavy atom. The molecule has 21 heavy (non-hydrogen) atoms. The molecule has 114 valence electrons. The van der Waals surface area contributed by atoms with Crippen molar-refractivity contribution in [3.63, 3.8) is 0 Å². The molecule has 0 spiro atoms. The van der Waals surface area contributed by atoms with E-state index in [1.807, 2.05) is 30.3 Å². The van der Waals surface area contributed by atoms with Gasteiger partial charge in [-0.3, -0.25) is 9.63 Å². The molecule has 2 rings (SSSR count). The number of carboxylic acid groups (broad SMARTS) is 1. The van der Waals surface area contributed by atoms with E-state index in [1.165, 1.54) is 17.1 Å².